The smallest absolute Gasteiger partial charge is 0.413 e. The number of nitro groups is 1. The molecule has 1 aliphatic rings. The number of anilines is 1. The van der Waals surface area contributed by atoms with E-state index in [0.717, 1.165) is 15.9 Å². The van der Waals surface area contributed by atoms with E-state index in [-0.39, 0.29) is 10.8 Å². The average molecular weight is 456 g/mol. The van der Waals surface area contributed by atoms with Gasteiger partial charge in [-0.05, 0) is 26.0 Å². The summed E-state index contributed by atoms with van der Waals surface area (Å²) in [6, 6.07) is 4.04. The van der Waals surface area contributed by atoms with Crippen LogP contribution in [0.2, 0.25) is 0 Å². The molecule has 3 rings (SSSR count). The molecule has 1 saturated heterocycles. The zero-order valence-electron chi connectivity index (χ0n) is 16.4. The summed E-state index contributed by atoms with van der Waals surface area (Å²) in [5, 5.41) is 42.0. The number of aliphatic hydroxyl groups excluding tert-OH is 3. The molecule has 0 saturated carbocycles. The van der Waals surface area contributed by atoms with E-state index in [2.05, 4.69) is 10.3 Å². The van der Waals surface area contributed by atoms with E-state index in [1.807, 2.05) is 0 Å². The third-order valence-corrected chi connectivity index (χ3v) is 5.91. The van der Waals surface area contributed by atoms with Gasteiger partial charge in [0.05, 0.1) is 16.4 Å². The van der Waals surface area contributed by atoms with Gasteiger partial charge in [0.25, 0.3) is 0 Å². The van der Waals surface area contributed by atoms with E-state index < -0.39 is 53.5 Å². The molecule has 0 radical (unpaired) electrons. The van der Waals surface area contributed by atoms with Gasteiger partial charge < -0.3 is 24.8 Å². The van der Waals surface area contributed by atoms with Gasteiger partial charge >= 0.3 is 16.8 Å². The molecule has 0 spiro atoms. The summed E-state index contributed by atoms with van der Waals surface area (Å²) in [5.41, 5.74) is -2.07. The van der Waals surface area contributed by atoms with E-state index in [9.17, 15) is 29.9 Å². The van der Waals surface area contributed by atoms with Gasteiger partial charge in [-0.3, -0.25) is 20.0 Å². The highest BCUT2D eigenvalue weighted by Crippen LogP contribution is 2.35. The van der Waals surface area contributed by atoms with Gasteiger partial charge in [0.1, 0.15) is 29.7 Å². The van der Waals surface area contributed by atoms with Gasteiger partial charge in [-0.1, -0.05) is 11.3 Å². The third-order valence-electron chi connectivity index (χ3n) is 4.56. The number of rotatable bonds is 6. The van der Waals surface area contributed by atoms with Crippen LogP contribution in [0.3, 0.4) is 0 Å². The Balaban J connectivity index is 1.69. The van der Waals surface area contributed by atoms with Crippen molar-refractivity contribution in [2.75, 3.05) is 11.9 Å². The molecule has 2 aromatic heterocycles. The Morgan fingerprint density at radius 3 is 2.65 bits per heavy atom. The number of aromatic nitrogens is 2. The normalized spacial score (nSPS) is 23.5. The van der Waals surface area contributed by atoms with Gasteiger partial charge in [0.2, 0.25) is 0 Å². The van der Waals surface area contributed by atoms with E-state index in [4.69, 9.17) is 14.6 Å². The highest BCUT2D eigenvalue weighted by atomic mass is 32.1. The van der Waals surface area contributed by atoms with Crippen molar-refractivity contribution in [2.24, 2.45) is 0 Å². The molecule has 168 valence electrons. The fourth-order valence-corrected chi connectivity index (χ4v) is 3.81. The van der Waals surface area contributed by atoms with E-state index in [1.54, 1.807) is 13.8 Å². The Bertz CT molecular complexity index is 1040. The quantitative estimate of drug-likeness (QED) is 0.348. The number of nitrogens with one attached hydrogen (secondary N) is 1. The summed E-state index contributed by atoms with van der Waals surface area (Å²) < 4.78 is 11.5. The highest BCUT2D eigenvalue weighted by Gasteiger charge is 2.43. The van der Waals surface area contributed by atoms with E-state index in [1.165, 1.54) is 24.4 Å². The molecule has 0 aromatic carbocycles. The predicted molar refractivity (Wildman–Crippen MR) is 106 cm³/mol. The number of hydrogen-bond acceptors (Lipinski definition) is 11. The van der Waals surface area contributed by atoms with E-state index in [0.29, 0.717) is 4.88 Å². The lowest BCUT2D eigenvalue weighted by atomic mass is 10.1. The molecule has 3 heterocycles. The van der Waals surface area contributed by atoms with Crippen LogP contribution in [0.4, 0.5) is 15.6 Å². The Morgan fingerprint density at radius 2 is 2.10 bits per heavy atom. The van der Waals surface area contributed by atoms with Gasteiger partial charge in [-0.15, -0.1) is 0 Å². The number of carbonyl (C=O) groups is 1. The second kappa shape index (κ2) is 8.68. The topological polar surface area (TPSA) is 186 Å². The SMILES string of the molecule is CC(C)(OC(=O)Nc1ccn(C2O[C@H](CO)[C@@H](O)[C@@H]2O)c(=O)n1)c1ccc([N+](=O)[O-])s1. The standard InChI is InChI=1S/C17H20N4O9S/c1-17(2,9-3-4-11(31-9)21(27)28)30-16(26)19-10-5-6-20(15(25)18-10)14-13(24)12(23)8(7-22)29-14/h3-6,8,12-14,22-24H,7H2,1-2H3,(H,18,19,25,26)/t8-,12-,13+,14?/m1/s1. The first kappa shape index (κ1) is 22.8. The summed E-state index contributed by atoms with van der Waals surface area (Å²) in [7, 11) is 0. The lowest BCUT2D eigenvalue weighted by Crippen LogP contribution is -2.36. The lowest BCUT2D eigenvalue weighted by molar-refractivity contribution is -0.380. The molecule has 1 aliphatic heterocycles. The maximum atomic E-state index is 12.3. The van der Waals surface area contributed by atoms with Gasteiger partial charge in [-0.25, -0.2) is 9.59 Å². The summed E-state index contributed by atoms with van der Waals surface area (Å²) in [4.78, 5) is 38.9. The molecule has 2 aromatic rings. The number of ether oxygens (including phenoxy) is 2. The number of aliphatic hydroxyl groups is 3. The van der Waals surface area contributed by atoms with Gasteiger partial charge in [0, 0.05) is 12.3 Å². The maximum Gasteiger partial charge on any atom is 0.413 e. The van der Waals surface area contributed by atoms with Crippen LogP contribution >= 0.6 is 11.3 Å². The average Bonchev–Trinajstić information content (AvgIpc) is 3.29. The van der Waals surface area contributed by atoms with Gasteiger partial charge in [-0.2, -0.15) is 4.98 Å². The molecule has 4 atom stereocenters. The summed E-state index contributed by atoms with van der Waals surface area (Å²) >= 11 is 0.868. The largest absolute Gasteiger partial charge is 0.438 e. The first-order valence-electron chi connectivity index (χ1n) is 9.00. The Hall–Kier alpha value is -2.91. The molecule has 1 unspecified atom stereocenters. The minimum atomic E-state index is -1.46. The number of carbonyl (C=O) groups excluding carboxylic acids is 1. The molecule has 31 heavy (non-hydrogen) atoms. The van der Waals surface area contributed by atoms with Crippen LogP contribution in [0.5, 0.6) is 0 Å². The van der Waals surface area contributed by atoms with Crippen molar-refractivity contribution in [3.05, 3.63) is 49.9 Å². The molecule has 0 aliphatic carbocycles. The van der Waals surface area contributed by atoms with Crippen LogP contribution in [0.1, 0.15) is 25.0 Å². The second-order valence-electron chi connectivity index (χ2n) is 7.15. The number of hydrogen-bond donors (Lipinski definition) is 4. The first-order chi connectivity index (χ1) is 14.5. The van der Waals surface area contributed by atoms with Crippen molar-refractivity contribution in [1.29, 1.82) is 0 Å². The summed E-state index contributed by atoms with van der Waals surface area (Å²) in [6.45, 7) is 2.55. The van der Waals surface area contributed by atoms with Crippen molar-refractivity contribution in [1.82, 2.24) is 9.55 Å². The van der Waals surface area contributed by atoms with E-state index >= 15 is 0 Å². The zero-order chi connectivity index (χ0) is 22.9. The van der Waals surface area contributed by atoms with Crippen LogP contribution in [-0.2, 0) is 15.1 Å². The molecule has 4 N–H and O–H groups in total. The van der Waals surface area contributed by atoms with Crippen molar-refractivity contribution >= 4 is 28.2 Å². The van der Waals surface area contributed by atoms with Crippen LogP contribution in [0.15, 0.2) is 29.2 Å². The Labute approximate surface area is 178 Å². The summed E-state index contributed by atoms with van der Waals surface area (Å²) in [6.07, 6.45) is -4.92. The molecule has 1 fully saturated rings. The van der Waals surface area contributed by atoms with Crippen LogP contribution in [-0.4, -0.2) is 60.8 Å². The van der Waals surface area contributed by atoms with Crippen molar-refractivity contribution < 1.29 is 34.5 Å². The first-order valence-corrected chi connectivity index (χ1v) is 9.81. The zero-order valence-corrected chi connectivity index (χ0v) is 17.2. The summed E-state index contributed by atoms with van der Waals surface area (Å²) in [5.74, 6) is -0.147. The van der Waals surface area contributed by atoms with Gasteiger partial charge in [0.15, 0.2) is 6.23 Å². The maximum absolute atomic E-state index is 12.3. The monoisotopic (exact) mass is 456 g/mol. The Morgan fingerprint density at radius 1 is 1.39 bits per heavy atom. The van der Waals surface area contributed by atoms with Crippen LogP contribution in [0.25, 0.3) is 0 Å². The molecule has 13 nitrogen and oxygen atoms in total. The van der Waals surface area contributed by atoms with Crippen molar-refractivity contribution in [2.45, 2.75) is 44.0 Å². The molecule has 0 bridgehead atoms. The number of nitrogens with zero attached hydrogens (tertiary/aromatic N) is 3. The molecular formula is C17H20N4O9S. The fourth-order valence-electron chi connectivity index (χ4n) is 2.95. The van der Waals surface area contributed by atoms with Crippen LogP contribution in [0, 0.1) is 10.1 Å². The van der Waals surface area contributed by atoms with Crippen molar-refractivity contribution in [3.8, 4) is 0 Å². The molecular weight excluding hydrogens is 436 g/mol. The minimum Gasteiger partial charge on any atom is -0.438 e. The fraction of sp³-hybridized carbons (Fsp3) is 0.471. The predicted octanol–water partition coefficient (Wildman–Crippen LogP) is 0.308. The number of amides is 1. The lowest BCUT2D eigenvalue weighted by Gasteiger charge is -2.23. The minimum absolute atomic E-state index is 0.0952. The van der Waals surface area contributed by atoms with Crippen molar-refractivity contribution in [3.63, 3.8) is 0 Å². The number of thiophene rings is 1. The second-order valence-corrected chi connectivity index (χ2v) is 8.21. The third kappa shape index (κ3) is 4.72. The molecule has 1 amide bonds. The van der Waals surface area contributed by atoms with Crippen LogP contribution < -0.4 is 11.0 Å². The molecule has 14 heteroatoms. The Kier molecular flexibility index (Phi) is 6.38. The highest BCUT2D eigenvalue weighted by molar-refractivity contribution is 7.15.